The third-order valence-corrected chi connectivity index (χ3v) is 6.85. The Hall–Kier alpha value is -1.87. The summed E-state index contributed by atoms with van der Waals surface area (Å²) >= 11 is 1.36. The van der Waals surface area contributed by atoms with E-state index in [0.29, 0.717) is 24.1 Å². The van der Waals surface area contributed by atoms with Gasteiger partial charge in [0.05, 0.1) is 16.3 Å². The zero-order chi connectivity index (χ0) is 21.3. The number of amides is 1. The minimum atomic E-state index is -2.37. The van der Waals surface area contributed by atoms with Gasteiger partial charge in [-0.1, -0.05) is 0 Å². The molecule has 4 rings (SSSR count). The van der Waals surface area contributed by atoms with Crippen LogP contribution in [0.3, 0.4) is 0 Å². The van der Waals surface area contributed by atoms with Crippen molar-refractivity contribution in [2.45, 2.75) is 76.1 Å². The molecule has 0 aliphatic heterocycles. The van der Waals surface area contributed by atoms with E-state index in [-0.39, 0.29) is 35.8 Å². The molecule has 2 aliphatic carbocycles. The first-order valence-electron chi connectivity index (χ1n) is 10.4. The number of hydrogen-bond donors (Lipinski definition) is 2. The predicted octanol–water partition coefficient (Wildman–Crippen LogP) is 4.26. The van der Waals surface area contributed by atoms with E-state index < -0.39 is 12.5 Å². The van der Waals surface area contributed by atoms with E-state index in [0.717, 1.165) is 30.4 Å². The molecule has 164 valence electrons. The van der Waals surface area contributed by atoms with Crippen molar-refractivity contribution >= 4 is 27.5 Å². The molecule has 1 aromatic heterocycles. The minimum Gasteiger partial charge on any atom is -0.488 e. The third-order valence-electron chi connectivity index (χ3n) is 6.08. The molecule has 1 amide bonds. The lowest BCUT2D eigenvalue weighted by molar-refractivity contribution is -0.131. The van der Waals surface area contributed by atoms with Gasteiger partial charge in [0.1, 0.15) is 23.2 Å². The molecular weight excluding hydrogens is 415 g/mol. The Morgan fingerprint density at radius 3 is 2.60 bits per heavy atom. The fourth-order valence-corrected chi connectivity index (χ4v) is 4.93. The van der Waals surface area contributed by atoms with Crippen LogP contribution in [-0.2, 0) is 4.79 Å². The summed E-state index contributed by atoms with van der Waals surface area (Å²) in [5, 5.41) is 6.07. The van der Waals surface area contributed by atoms with E-state index in [2.05, 4.69) is 15.6 Å². The number of thiazole rings is 1. The molecule has 5 nitrogen and oxygen atoms in total. The highest BCUT2D eigenvalue weighted by molar-refractivity contribution is 7.16. The normalized spacial score (nSPS) is 27.6. The summed E-state index contributed by atoms with van der Waals surface area (Å²) < 4.78 is 45.7. The second-order valence-electron chi connectivity index (χ2n) is 8.36. The topological polar surface area (TPSA) is 63.2 Å². The lowest BCUT2D eigenvalue weighted by atomic mass is 9.81. The molecule has 2 saturated carbocycles. The number of carbonyl (C=O) groups excluding carboxylic acids is 1. The molecule has 1 unspecified atom stereocenters. The van der Waals surface area contributed by atoms with Crippen LogP contribution < -0.4 is 15.4 Å². The fraction of sp³-hybridized carbons (Fsp3) is 0.619. The molecule has 0 bridgehead atoms. The molecule has 0 spiro atoms. The summed E-state index contributed by atoms with van der Waals surface area (Å²) in [4.78, 5) is 16.8. The van der Waals surface area contributed by atoms with Gasteiger partial charge in [0.2, 0.25) is 5.91 Å². The number of carbonyl (C=O) groups is 1. The lowest BCUT2D eigenvalue weighted by Gasteiger charge is -2.37. The van der Waals surface area contributed by atoms with Crippen LogP contribution in [0.2, 0.25) is 0 Å². The van der Waals surface area contributed by atoms with Crippen molar-refractivity contribution in [1.29, 1.82) is 0 Å². The summed E-state index contributed by atoms with van der Waals surface area (Å²) in [6.07, 6.45) is 1.84. The Morgan fingerprint density at radius 2 is 1.90 bits per heavy atom. The van der Waals surface area contributed by atoms with Crippen LogP contribution in [0.1, 0.15) is 45.4 Å². The molecule has 0 radical (unpaired) electrons. The molecule has 2 aliphatic rings. The summed E-state index contributed by atoms with van der Waals surface area (Å²) in [5.74, 6) is -0.0168. The summed E-state index contributed by atoms with van der Waals surface area (Å²) in [6, 6.07) is 2.15. The molecule has 1 aromatic carbocycles. The highest BCUT2D eigenvalue weighted by atomic mass is 32.1. The summed E-state index contributed by atoms with van der Waals surface area (Å²) in [5.41, 5.74) is 2.31. The van der Waals surface area contributed by atoms with Gasteiger partial charge in [-0.25, -0.2) is 18.2 Å². The molecule has 30 heavy (non-hydrogen) atoms. The maximum absolute atomic E-state index is 13.7. The first-order chi connectivity index (χ1) is 14.4. The monoisotopic (exact) mass is 441 g/mol. The van der Waals surface area contributed by atoms with Crippen LogP contribution >= 0.6 is 11.3 Å². The number of aromatic nitrogens is 1. The van der Waals surface area contributed by atoms with Gasteiger partial charge in [-0.2, -0.15) is 0 Å². The van der Waals surface area contributed by atoms with Crippen molar-refractivity contribution in [3.05, 3.63) is 23.5 Å². The van der Waals surface area contributed by atoms with Crippen molar-refractivity contribution < 1.29 is 22.7 Å². The van der Waals surface area contributed by atoms with Crippen molar-refractivity contribution in [1.82, 2.24) is 15.6 Å². The Balaban J connectivity index is 1.20. The van der Waals surface area contributed by atoms with Crippen molar-refractivity contribution in [3.8, 4) is 5.75 Å². The first kappa shape index (κ1) is 21.4. The molecule has 1 atom stereocenters. The van der Waals surface area contributed by atoms with Crippen LogP contribution in [0.15, 0.2) is 17.6 Å². The maximum atomic E-state index is 13.7. The average molecular weight is 442 g/mol. The number of fused-ring (bicyclic) bond motifs is 1. The van der Waals surface area contributed by atoms with Gasteiger partial charge >= 0.3 is 0 Å². The van der Waals surface area contributed by atoms with Crippen molar-refractivity contribution in [2.24, 2.45) is 5.92 Å². The molecule has 2 N–H and O–H groups in total. The van der Waals surface area contributed by atoms with Gasteiger partial charge < -0.3 is 15.4 Å². The molecule has 0 saturated heterocycles. The van der Waals surface area contributed by atoms with Crippen LogP contribution in [0, 0.1) is 11.7 Å². The Kier molecular flexibility index (Phi) is 6.48. The first-order valence-corrected chi connectivity index (χ1v) is 11.3. The lowest BCUT2D eigenvalue weighted by Crippen LogP contribution is -2.49. The smallest absolute Gasteiger partial charge is 0.253 e. The van der Waals surface area contributed by atoms with Crippen LogP contribution in [0.4, 0.5) is 13.2 Å². The van der Waals surface area contributed by atoms with Gasteiger partial charge in [-0.05, 0) is 51.5 Å². The maximum Gasteiger partial charge on any atom is 0.253 e. The van der Waals surface area contributed by atoms with Crippen LogP contribution in [0.25, 0.3) is 10.2 Å². The Bertz CT molecular complexity index is 880. The number of nitrogens with one attached hydrogen (secondary N) is 2. The molecule has 2 aromatic rings. The number of halogens is 3. The SMILES string of the molecule is CC(N[C@H]1CC[C@H](NC(=O)[C@H]2C[C@H](Oc3cc(F)cc4scnc34)C2)CC1)C(F)F. The highest BCUT2D eigenvalue weighted by Crippen LogP contribution is 2.36. The molecule has 1 heterocycles. The summed E-state index contributed by atoms with van der Waals surface area (Å²) in [6.45, 7) is 1.50. The quantitative estimate of drug-likeness (QED) is 0.674. The van der Waals surface area contributed by atoms with Gasteiger partial charge in [-0.15, -0.1) is 11.3 Å². The van der Waals surface area contributed by atoms with E-state index in [4.69, 9.17) is 4.74 Å². The average Bonchev–Trinajstić information content (AvgIpc) is 3.14. The van der Waals surface area contributed by atoms with Gasteiger partial charge in [0.15, 0.2) is 0 Å². The zero-order valence-electron chi connectivity index (χ0n) is 16.7. The van der Waals surface area contributed by atoms with Gasteiger partial charge in [-0.3, -0.25) is 4.79 Å². The van der Waals surface area contributed by atoms with Crippen molar-refractivity contribution in [3.63, 3.8) is 0 Å². The van der Waals surface area contributed by atoms with Crippen LogP contribution in [0.5, 0.6) is 5.75 Å². The van der Waals surface area contributed by atoms with E-state index in [1.165, 1.54) is 30.4 Å². The van der Waals surface area contributed by atoms with Crippen LogP contribution in [-0.4, -0.2) is 41.5 Å². The minimum absolute atomic E-state index is 0.0188. The van der Waals surface area contributed by atoms with Crippen molar-refractivity contribution in [2.75, 3.05) is 0 Å². The largest absolute Gasteiger partial charge is 0.488 e. The van der Waals surface area contributed by atoms with Gasteiger partial charge in [0, 0.05) is 24.1 Å². The van der Waals surface area contributed by atoms with E-state index in [9.17, 15) is 18.0 Å². The number of alkyl halides is 2. The number of hydrogen-bond acceptors (Lipinski definition) is 5. The second kappa shape index (κ2) is 9.09. The van der Waals surface area contributed by atoms with E-state index in [1.54, 1.807) is 5.51 Å². The van der Waals surface area contributed by atoms with Gasteiger partial charge in [0.25, 0.3) is 6.43 Å². The standard InChI is InChI=1S/C21H26F3N3O2S/c1-11(20(23)24)26-14-2-4-15(5-3-14)27-21(28)12-6-16(7-12)29-17-8-13(22)9-18-19(17)25-10-30-18/h8-12,14-16,20,26H,2-7H2,1H3,(H,27,28)/t11?,12-,14-,15-,16-. The predicted molar refractivity (Wildman–Crippen MR) is 110 cm³/mol. The molecule has 2 fully saturated rings. The summed E-state index contributed by atoms with van der Waals surface area (Å²) in [7, 11) is 0. The Morgan fingerprint density at radius 1 is 1.20 bits per heavy atom. The molecule has 9 heteroatoms. The highest BCUT2D eigenvalue weighted by Gasteiger charge is 2.37. The van der Waals surface area contributed by atoms with E-state index >= 15 is 0 Å². The number of rotatable bonds is 7. The Labute approximate surface area is 177 Å². The third kappa shape index (κ3) is 4.88. The second-order valence-corrected chi connectivity index (χ2v) is 9.24. The number of ether oxygens (including phenoxy) is 1. The number of benzene rings is 1. The fourth-order valence-electron chi connectivity index (χ4n) is 4.22. The van der Waals surface area contributed by atoms with E-state index in [1.807, 2.05) is 0 Å². The number of nitrogens with zero attached hydrogens (tertiary/aromatic N) is 1. The zero-order valence-corrected chi connectivity index (χ0v) is 17.6. The molecular formula is C21H26F3N3O2S.